The predicted octanol–water partition coefficient (Wildman–Crippen LogP) is 3.36. The average Bonchev–Trinajstić information content (AvgIpc) is 3.65. The Kier molecular flexibility index (Phi) is 7.31. The van der Waals surface area contributed by atoms with E-state index in [0.717, 1.165) is 17.3 Å². The quantitative estimate of drug-likeness (QED) is 0.284. The first-order chi connectivity index (χ1) is 20.5. The molecular weight excluding hydrogens is 545 g/mol. The number of nitriles is 1. The van der Waals surface area contributed by atoms with Crippen LogP contribution >= 0.6 is 0 Å². The van der Waals surface area contributed by atoms with Crippen molar-refractivity contribution in [3.63, 3.8) is 0 Å². The molecule has 5 aromatic heterocycles. The molecule has 0 unspecified atom stereocenters. The molecule has 42 heavy (non-hydrogen) atoms. The van der Waals surface area contributed by atoms with Gasteiger partial charge in [0.2, 0.25) is 0 Å². The van der Waals surface area contributed by atoms with E-state index in [2.05, 4.69) is 31.6 Å². The molecule has 14 heteroatoms. The summed E-state index contributed by atoms with van der Waals surface area (Å²) in [5.41, 5.74) is 3.36. The third kappa shape index (κ3) is 5.67. The Bertz CT molecular complexity index is 1760. The molecule has 1 atom stereocenters. The van der Waals surface area contributed by atoms with Crippen molar-refractivity contribution in [1.82, 2.24) is 34.3 Å². The number of carbonyl (C=O) groups is 1. The first kappa shape index (κ1) is 26.7. The van der Waals surface area contributed by atoms with E-state index in [-0.39, 0.29) is 13.2 Å². The van der Waals surface area contributed by atoms with Gasteiger partial charge in [0.15, 0.2) is 11.6 Å². The molecule has 212 valence electrons. The molecule has 5 aromatic rings. The van der Waals surface area contributed by atoms with Gasteiger partial charge in [-0.25, -0.2) is 28.4 Å². The lowest BCUT2D eigenvalue weighted by molar-refractivity contribution is -0.0412. The van der Waals surface area contributed by atoms with Gasteiger partial charge >= 0.3 is 6.09 Å². The molecule has 0 saturated carbocycles. The standard InChI is InChI=1S/C28H24FN9O4/c29-21-13-35-37(14-21)26-4-1-18(10-33-26)9-31-25-3-2-19(11-32-25)24-7-22(16-38-27(24)20(8-30)12-34-38)42-17-23-15-36(28(39)40)5-6-41-23/h1-4,7,10-14,16,23H,5-6,9,15,17H2,(H,31,32)(H,39,40)/t23-/m1/s1. The number of aromatic nitrogens is 6. The third-order valence-electron chi connectivity index (χ3n) is 6.70. The Morgan fingerprint density at radius 1 is 1.17 bits per heavy atom. The first-order valence-corrected chi connectivity index (χ1v) is 13.0. The van der Waals surface area contributed by atoms with E-state index in [1.165, 1.54) is 22.0 Å². The minimum Gasteiger partial charge on any atom is -0.489 e. The number of morpholine rings is 1. The molecule has 2 N–H and O–H groups in total. The van der Waals surface area contributed by atoms with Crippen molar-refractivity contribution in [1.29, 1.82) is 5.26 Å². The zero-order valence-corrected chi connectivity index (χ0v) is 22.1. The summed E-state index contributed by atoms with van der Waals surface area (Å²) in [6.45, 7) is 1.45. The topological polar surface area (TPSA) is 156 Å². The first-order valence-electron chi connectivity index (χ1n) is 13.0. The van der Waals surface area contributed by atoms with Crippen LogP contribution in [-0.4, -0.2) is 77.9 Å². The molecule has 1 aliphatic rings. The van der Waals surface area contributed by atoms with Crippen molar-refractivity contribution in [3.05, 3.63) is 84.5 Å². The second kappa shape index (κ2) is 11.5. The minimum atomic E-state index is -0.990. The number of hydrogen-bond acceptors (Lipinski definition) is 9. The summed E-state index contributed by atoms with van der Waals surface area (Å²) in [5, 5.41) is 30.4. The zero-order valence-electron chi connectivity index (χ0n) is 22.1. The lowest BCUT2D eigenvalue weighted by Crippen LogP contribution is -2.47. The number of ether oxygens (including phenoxy) is 2. The summed E-state index contributed by atoms with van der Waals surface area (Å²) in [5.74, 6) is 1.19. The van der Waals surface area contributed by atoms with Crippen molar-refractivity contribution < 1.29 is 23.8 Å². The highest BCUT2D eigenvalue weighted by atomic mass is 19.1. The number of amides is 1. The number of pyridine rings is 3. The Hall–Kier alpha value is -5.55. The highest BCUT2D eigenvalue weighted by Crippen LogP contribution is 2.31. The lowest BCUT2D eigenvalue weighted by atomic mass is 10.1. The van der Waals surface area contributed by atoms with Gasteiger partial charge < -0.3 is 24.8 Å². The van der Waals surface area contributed by atoms with Crippen LogP contribution in [0.25, 0.3) is 22.5 Å². The number of fused-ring (bicyclic) bond motifs is 1. The van der Waals surface area contributed by atoms with Gasteiger partial charge in [0.1, 0.15) is 30.3 Å². The van der Waals surface area contributed by atoms with Crippen molar-refractivity contribution in [3.8, 4) is 28.8 Å². The van der Waals surface area contributed by atoms with Gasteiger partial charge in [0.25, 0.3) is 0 Å². The number of carboxylic acid groups (broad SMARTS) is 1. The maximum absolute atomic E-state index is 13.2. The molecule has 1 fully saturated rings. The third-order valence-corrected chi connectivity index (χ3v) is 6.70. The van der Waals surface area contributed by atoms with Gasteiger partial charge in [-0.3, -0.25) is 0 Å². The summed E-state index contributed by atoms with van der Waals surface area (Å²) in [6.07, 6.45) is 7.51. The highest BCUT2D eigenvalue weighted by molar-refractivity contribution is 5.85. The van der Waals surface area contributed by atoms with Crippen LogP contribution in [-0.2, 0) is 11.3 Å². The summed E-state index contributed by atoms with van der Waals surface area (Å²) in [4.78, 5) is 21.5. The van der Waals surface area contributed by atoms with E-state index in [0.29, 0.717) is 53.7 Å². The number of nitrogens with one attached hydrogen (secondary N) is 1. The minimum absolute atomic E-state index is 0.150. The van der Waals surface area contributed by atoms with E-state index >= 15 is 0 Å². The van der Waals surface area contributed by atoms with E-state index in [9.17, 15) is 19.6 Å². The van der Waals surface area contributed by atoms with Crippen LogP contribution in [0.2, 0.25) is 0 Å². The molecule has 0 radical (unpaired) electrons. The van der Waals surface area contributed by atoms with Crippen LogP contribution in [0, 0.1) is 17.1 Å². The molecule has 0 bridgehead atoms. The highest BCUT2D eigenvalue weighted by Gasteiger charge is 2.24. The number of anilines is 1. The van der Waals surface area contributed by atoms with Crippen molar-refractivity contribution in [2.75, 3.05) is 31.6 Å². The van der Waals surface area contributed by atoms with Crippen LogP contribution in [0.4, 0.5) is 15.0 Å². The summed E-state index contributed by atoms with van der Waals surface area (Å²) >= 11 is 0. The van der Waals surface area contributed by atoms with Crippen LogP contribution in [0.1, 0.15) is 11.1 Å². The van der Waals surface area contributed by atoms with Crippen molar-refractivity contribution in [2.24, 2.45) is 0 Å². The largest absolute Gasteiger partial charge is 0.489 e. The van der Waals surface area contributed by atoms with Crippen LogP contribution < -0.4 is 10.1 Å². The molecular formula is C28H24FN9O4. The lowest BCUT2D eigenvalue weighted by Gasteiger charge is -2.30. The van der Waals surface area contributed by atoms with Gasteiger partial charge in [-0.1, -0.05) is 6.07 Å². The normalized spacial score (nSPS) is 15.0. The summed E-state index contributed by atoms with van der Waals surface area (Å²) in [6, 6.07) is 11.3. The van der Waals surface area contributed by atoms with E-state index < -0.39 is 18.0 Å². The molecule has 13 nitrogen and oxygen atoms in total. The fourth-order valence-electron chi connectivity index (χ4n) is 4.59. The van der Waals surface area contributed by atoms with Gasteiger partial charge in [-0.2, -0.15) is 15.5 Å². The second-order valence-corrected chi connectivity index (χ2v) is 9.50. The number of hydrogen-bond donors (Lipinski definition) is 2. The number of rotatable bonds is 8. The SMILES string of the molecule is N#Cc1cnn2cc(OC[C@H]3CN(C(=O)O)CCO3)cc(-c3ccc(NCc4ccc(-n5cc(F)cn5)nc4)nc3)c12. The molecule has 6 rings (SSSR count). The molecule has 0 spiro atoms. The van der Waals surface area contributed by atoms with Crippen molar-refractivity contribution >= 4 is 17.4 Å². The summed E-state index contributed by atoms with van der Waals surface area (Å²) < 4.78 is 27.8. The fourth-order valence-corrected chi connectivity index (χ4v) is 4.59. The van der Waals surface area contributed by atoms with Crippen LogP contribution in [0.15, 0.2) is 67.5 Å². The average molecular weight is 570 g/mol. The van der Waals surface area contributed by atoms with Crippen LogP contribution in [0.5, 0.6) is 5.75 Å². The van der Waals surface area contributed by atoms with Gasteiger partial charge in [0.05, 0.1) is 49.0 Å². The smallest absolute Gasteiger partial charge is 0.407 e. The summed E-state index contributed by atoms with van der Waals surface area (Å²) in [7, 11) is 0. The second-order valence-electron chi connectivity index (χ2n) is 9.50. The van der Waals surface area contributed by atoms with E-state index in [1.807, 2.05) is 18.2 Å². The fraction of sp³-hybridized carbons (Fsp3) is 0.214. The predicted molar refractivity (Wildman–Crippen MR) is 147 cm³/mol. The Morgan fingerprint density at radius 3 is 2.79 bits per heavy atom. The van der Waals surface area contributed by atoms with Crippen molar-refractivity contribution in [2.45, 2.75) is 12.6 Å². The number of nitrogens with zero attached hydrogens (tertiary/aromatic N) is 8. The van der Waals surface area contributed by atoms with Crippen LogP contribution in [0.3, 0.4) is 0 Å². The van der Waals surface area contributed by atoms with Gasteiger partial charge in [-0.15, -0.1) is 0 Å². The Labute approximate surface area is 238 Å². The van der Waals surface area contributed by atoms with E-state index in [4.69, 9.17) is 9.47 Å². The maximum Gasteiger partial charge on any atom is 0.407 e. The van der Waals surface area contributed by atoms with E-state index in [1.54, 1.807) is 35.2 Å². The molecule has 0 aliphatic carbocycles. The molecule has 0 aromatic carbocycles. The molecule has 1 aliphatic heterocycles. The van der Waals surface area contributed by atoms with Gasteiger partial charge in [0, 0.05) is 36.6 Å². The van der Waals surface area contributed by atoms with Gasteiger partial charge in [-0.05, 0) is 29.8 Å². The molecule has 1 saturated heterocycles. The molecule has 1 amide bonds. The molecule has 6 heterocycles. The monoisotopic (exact) mass is 569 g/mol. The Morgan fingerprint density at radius 2 is 2.07 bits per heavy atom. The Balaban J connectivity index is 1.16. The number of halogens is 1. The zero-order chi connectivity index (χ0) is 29.1. The maximum atomic E-state index is 13.2.